The molecule has 0 spiro atoms. The van der Waals surface area contributed by atoms with E-state index < -0.39 is 30.3 Å². The number of hydrogen-bond donors (Lipinski definition) is 1. The van der Waals surface area contributed by atoms with Crippen LogP contribution in [-0.2, 0) is 23.9 Å². The normalized spacial score (nSPS) is 15.9. The molecule has 0 amide bonds. The first kappa shape index (κ1) is 18.8. The van der Waals surface area contributed by atoms with Crippen LogP contribution in [0.1, 0.15) is 19.4 Å². The van der Waals surface area contributed by atoms with Crippen molar-refractivity contribution in [2.45, 2.75) is 19.6 Å². The molecule has 25 heavy (non-hydrogen) atoms. The summed E-state index contributed by atoms with van der Waals surface area (Å²) < 4.78 is 20.8. The van der Waals surface area contributed by atoms with Gasteiger partial charge in [-0.25, -0.2) is 14.4 Å². The lowest BCUT2D eigenvalue weighted by Gasteiger charge is -2.29. The number of aliphatic carboxylic acids is 1. The molecule has 1 aromatic carbocycles. The number of hydrogen-bond acceptors (Lipinski definition) is 7. The molecule has 0 aromatic heterocycles. The molecule has 1 aliphatic heterocycles. The lowest BCUT2D eigenvalue weighted by atomic mass is 10.1. The minimum Gasteiger partial charge on any atom is -0.493 e. The van der Waals surface area contributed by atoms with Crippen molar-refractivity contribution in [3.8, 4) is 11.5 Å². The first-order valence-corrected chi connectivity index (χ1v) is 7.83. The Bertz CT molecular complexity index is 744. The summed E-state index contributed by atoms with van der Waals surface area (Å²) in [5.74, 6) is -3.67. The van der Waals surface area contributed by atoms with Gasteiger partial charge < -0.3 is 24.1 Å². The van der Waals surface area contributed by atoms with E-state index in [1.807, 2.05) is 0 Å². The zero-order valence-electron chi connectivity index (χ0n) is 13.6. The van der Waals surface area contributed by atoms with Crippen molar-refractivity contribution in [1.82, 2.24) is 0 Å². The van der Waals surface area contributed by atoms with Crippen LogP contribution < -0.4 is 9.47 Å². The molecule has 1 aliphatic rings. The number of carbonyl (C=O) groups is 3. The smallest absolute Gasteiger partial charge is 0.348 e. The fourth-order valence-electron chi connectivity index (χ4n) is 2.04. The first-order chi connectivity index (χ1) is 11.6. The number of cyclic esters (lactones) is 2. The van der Waals surface area contributed by atoms with Crippen LogP contribution in [0, 0.1) is 0 Å². The van der Waals surface area contributed by atoms with E-state index in [4.69, 9.17) is 24.1 Å². The van der Waals surface area contributed by atoms with Crippen molar-refractivity contribution in [3.63, 3.8) is 0 Å². The summed E-state index contributed by atoms with van der Waals surface area (Å²) in [6, 6.07) is 3.02. The van der Waals surface area contributed by atoms with Gasteiger partial charge in [0.05, 0.1) is 11.6 Å². The molecule has 0 saturated carbocycles. The molecule has 0 radical (unpaired) electrons. The second kappa shape index (κ2) is 7.14. The van der Waals surface area contributed by atoms with Gasteiger partial charge in [-0.2, -0.15) is 0 Å². The maximum absolute atomic E-state index is 12.0. The molecular formula is C16H15BrO8. The lowest BCUT2D eigenvalue weighted by molar-refractivity contribution is -0.222. The highest BCUT2D eigenvalue weighted by Gasteiger charge is 2.38. The van der Waals surface area contributed by atoms with Crippen LogP contribution in [0.2, 0.25) is 0 Å². The van der Waals surface area contributed by atoms with Gasteiger partial charge in [-0.1, -0.05) is 0 Å². The van der Waals surface area contributed by atoms with Crippen molar-refractivity contribution in [2.24, 2.45) is 0 Å². The van der Waals surface area contributed by atoms with Crippen molar-refractivity contribution < 1.29 is 38.4 Å². The molecular weight excluding hydrogens is 400 g/mol. The minimum absolute atomic E-state index is 0.182. The molecule has 1 fully saturated rings. The zero-order valence-corrected chi connectivity index (χ0v) is 15.2. The molecule has 9 heteroatoms. The van der Waals surface area contributed by atoms with Gasteiger partial charge in [0.1, 0.15) is 5.57 Å². The number of carboxylic acids is 1. The minimum atomic E-state index is -1.32. The highest BCUT2D eigenvalue weighted by atomic mass is 79.9. The predicted octanol–water partition coefficient (Wildman–Crippen LogP) is 2.14. The van der Waals surface area contributed by atoms with E-state index in [9.17, 15) is 14.4 Å². The quantitative estimate of drug-likeness (QED) is 0.443. The molecule has 0 bridgehead atoms. The molecule has 8 nitrogen and oxygen atoms in total. The number of carboxylic acid groups (broad SMARTS) is 1. The Morgan fingerprint density at radius 1 is 1.28 bits per heavy atom. The van der Waals surface area contributed by atoms with Crippen molar-refractivity contribution >= 4 is 39.9 Å². The van der Waals surface area contributed by atoms with E-state index in [-0.39, 0.29) is 17.1 Å². The van der Waals surface area contributed by atoms with Gasteiger partial charge in [0, 0.05) is 13.8 Å². The van der Waals surface area contributed by atoms with Gasteiger partial charge in [-0.3, -0.25) is 0 Å². The largest absolute Gasteiger partial charge is 0.493 e. The van der Waals surface area contributed by atoms with E-state index in [0.717, 1.165) is 0 Å². The Hall–Kier alpha value is -2.55. The SMILES string of the molecule is COc1cc(C=C2C(=O)OC(C)(C)OC2=O)cc(Br)c1OCC(=O)O. The maximum Gasteiger partial charge on any atom is 0.348 e. The highest BCUT2D eigenvalue weighted by molar-refractivity contribution is 9.10. The van der Waals surface area contributed by atoms with Crippen molar-refractivity contribution in [3.05, 3.63) is 27.7 Å². The summed E-state index contributed by atoms with van der Waals surface area (Å²) in [5, 5.41) is 8.71. The van der Waals surface area contributed by atoms with E-state index in [1.54, 1.807) is 0 Å². The lowest BCUT2D eigenvalue weighted by Crippen LogP contribution is -2.41. The van der Waals surface area contributed by atoms with Gasteiger partial charge in [-0.15, -0.1) is 0 Å². The summed E-state index contributed by atoms with van der Waals surface area (Å²) in [4.78, 5) is 34.6. The average Bonchev–Trinajstić information content (AvgIpc) is 2.48. The monoisotopic (exact) mass is 414 g/mol. The third-order valence-corrected chi connectivity index (χ3v) is 3.61. The van der Waals surface area contributed by atoms with Gasteiger partial charge in [0.25, 0.3) is 5.79 Å². The van der Waals surface area contributed by atoms with Crippen molar-refractivity contribution in [2.75, 3.05) is 13.7 Å². The van der Waals surface area contributed by atoms with Crippen LogP contribution >= 0.6 is 15.9 Å². The summed E-state index contributed by atoms with van der Waals surface area (Å²) in [6.45, 7) is 2.35. The van der Waals surface area contributed by atoms with Gasteiger partial charge in [0.15, 0.2) is 18.1 Å². The van der Waals surface area contributed by atoms with Crippen LogP contribution in [0.5, 0.6) is 11.5 Å². The summed E-state index contributed by atoms with van der Waals surface area (Å²) in [6.07, 6.45) is 1.29. The third-order valence-electron chi connectivity index (χ3n) is 3.02. The van der Waals surface area contributed by atoms with Crippen LogP contribution in [0.3, 0.4) is 0 Å². The summed E-state index contributed by atoms with van der Waals surface area (Å²) >= 11 is 3.24. The molecule has 134 valence electrons. The van der Waals surface area contributed by atoms with Crippen molar-refractivity contribution in [1.29, 1.82) is 0 Å². The molecule has 1 aromatic rings. The molecule has 1 saturated heterocycles. The Kier molecular flexibility index (Phi) is 5.36. The van der Waals surface area contributed by atoms with E-state index in [2.05, 4.69) is 15.9 Å². The van der Waals surface area contributed by atoms with Crippen LogP contribution in [-0.4, -0.2) is 42.5 Å². The number of carbonyl (C=O) groups excluding carboxylic acids is 2. The van der Waals surface area contributed by atoms with Gasteiger partial charge >= 0.3 is 17.9 Å². The van der Waals surface area contributed by atoms with E-state index in [1.165, 1.54) is 39.2 Å². The number of ether oxygens (including phenoxy) is 4. The second-order valence-electron chi connectivity index (χ2n) is 5.45. The summed E-state index contributed by atoms with van der Waals surface area (Å²) in [7, 11) is 1.37. The topological polar surface area (TPSA) is 108 Å². The Balaban J connectivity index is 2.37. The van der Waals surface area contributed by atoms with E-state index >= 15 is 0 Å². The fraction of sp³-hybridized carbons (Fsp3) is 0.312. The molecule has 0 atom stereocenters. The Morgan fingerprint density at radius 3 is 2.40 bits per heavy atom. The summed E-state index contributed by atoms with van der Waals surface area (Å²) in [5.41, 5.74) is 0.155. The molecule has 2 rings (SSSR count). The molecule has 1 heterocycles. The number of methoxy groups -OCH3 is 1. The Labute approximate surface area is 151 Å². The average molecular weight is 415 g/mol. The Morgan fingerprint density at radius 2 is 1.88 bits per heavy atom. The second-order valence-corrected chi connectivity index (χ2v) is 6.31. The van der Waals surface area contributed by atoms with Crippen LogP contribution in [0.4, 0.5) is 0 Å². The number of benzene rings is 1. The number of halogens is 1. The maximum atomic E-state index is 12.0. The highest BCUT2D eigenvalue weighted by Crippen LogP contribution is 2.37. The van der Waals surface area contributed by atoms with Crippen LogP contribution in [0.15, 0.2) is 22.2 Å². The standard InChI is InChI=1S/C16H15BrO8/c1-16(2)24-14(20)9(15(21)25-16)4-8-5-10(17)13(11(6-8)22-3)23-7-12(18)19/h4-6H,7H2,1-3H3,(H,18,19). The third kappa shape index (κ3) is 4.50. The van der Waals surface area contributed by atoms with Gasteiger partial charge in [0.2, 0.25) is 0 Å². The predicted molar refractivity (Wildman–Crippen MR) is 88.1 cm³/mol. The van der Waals surface area contributed by atoms with Crippen LogP contribution in [0.25, 0.3) is 6.08 Å². The number of esters is 2. The molecule has 0 unspecified atom stereocenters. The number of rotatable bonds is 5. The van der Waals surface area contributed by atoms with E-state index in [0.29, 0.717) is 10.0 Å². The zero-order chi connectivity index (χ0) is 18.8. The fourth-order valence-corrected chi connectivity index (χ4v) is 2.62. The molecule has 0 aliphatic carbocycles. The van der Waals surface area contributed by atoms with Gasteiger partial charge in [-0.05, 0) is 39.7 Å². The molecule has 1 N–H and O–H groups in total. The first-order valence-electron chi connectivity index (χ1n) is 7.03.